The van der Waals surface area contributed by atoms with E-state index in [9.17, 15) is 0 Å². The van der Waals surface area contributed by atoms with Crippen molar-refractivity contribution in [2.75, 3.05) is 0 Å². The maximum absolute atomic E-state index is 2.40. The van der Waals surface area contributed by atoms with Crippen LogP contribution >= 0.6 is 0 Å². The van der Waals surface area contributed by atoms with Crippen LogP contribution in [-0.2, 0) is 0 Å². The van der Waals surface area contributed by atoms with Gasteiger partial charge in [-0.15, -0.1) is 0 Å². The Morgan fingerprint density at radius 3 is 2.29 bits per heavy atom. The van der Waals surface area contributed by atoms with Crippen LogP contribution in [0.5, 0.6) is 0 Å². The molecule has 0 aromatic rings. The van der Waals surface area contributed by atoms with Crippen LogP contribution in [0.2, 0.25) is 0 Å². The molecule has 2 saturated carbocycles. The fraction of sp³-hybridized carbons (Fsp3) is 0.929. The van der Waals surface area contributed by atoms with Gasteiger partial charge in [-0.3, -0.25) is 0 Å². The molecular formula is C14H25. The molecule has 1 radical (unpaired) electrons. The highest BCUT2D eigenvalue weighted by molar-refractivity contribution is 4.93. The van der Waals surface area contributed by atoms with Crippen molar-refractivity contribution in [3.63, 3.8) is 0 Å². The van der Waals surface area contributed by atoms with E-state index in [4.69, 9.17) is 0 Å². The third-order valence-electron chi connectivity index (χ3n) is 3.91. The predicted molar refractivity (Wildman–Crippen MR) is 62.0 cm³/mol. The van der Waals surface area contributed by atoms with E-state index in [-0.39, 0.29) is 0 Å². The van der Waals surface area contributed by atoms with Crippen molar-refractivity contribution < 1.29 is 0 Å². The van der Waals surface area contributed by atoms with E-state index in [0.29, 0.717) is 0 Å². The molecule has 0 N–H and O–H groups in total. The normalized spacial score (nSPS) is 24.2. The van der Waals surface area contributed by atoms with E-state index in [1.54, 1.807) is 5.92 Å². The third kappa shape index (κ3) is 3.63. The zero-order chi connectivity index (χ0) is 9.97. The predicted octanol–water partition coefficient (Wildman–Crippen LogP) is 4.60. The molecule has 2 aliphatic rings. The summed E-state index contributed by atoms with van der Waals surface area (Å²) in [6.07, 6.45) is 11.9. The maximum atomic E-state index is 2.40. The van der Waals surface area contributed by atoms with Crippen molar-refractivity contribution in [2.24, 2.45) is 17.8 Å². The monoisotopic (exact) mass is 193 g/mol. The van der Waals surface area contributed by atoms with Crippen LogP contribution in [0.3, 0.4) is 0 Å². The SMILES string of the molecule is CCC(C[C](C)CC1CC1)CC1CC1. The first kappa shape index (κ1) is 10.5. The molecule has 0 amide bonds. The average molecular weight is 193 g/mol. The lowest BCUT2D eigenvalue weighted by atomic mass is 9.87. The summed E-state index contributed by atoms with van der Waals surface area (Å²) < 4.78 is 0. The average Bonchev–Trinajstić information content (AvgIpc) is 2.97. The van der Waals surface area contributed by atoms with Gasteiger partial charge in [0.05, 0.1) is 0 Å². The van der Waals surface area contributed by atoms with Gasteiger partial charge < -0.3 is 0 Å². The Bertz CT molecular complexity index is 165. The van der Waals surface area contributed by atoms with Crippen LogP contribution in [-0.4, -0.2) is 0 Å². The zero-order valence-electron chi connectivity index (χ0n) is 9.89. The number of hydrogen-bond acceptors (Lipinski definition) is 0. The molecule has 0 aromatic heterocycles. The summed E-state index contributed by atoms with van der Waals surface area (Å²) >= 11 is 0. The van der Waals surface area contributed by atoms with E-state index in [1.165, 1.54) is 51.4 Å². The standard InChI is InChI=1S/C14H25/c1-3-12(10-14-6-7-14)8-11(2)9-13-4-5-13/h12-14H,3-10H2,1-2H3. The van der Waals surface area contributed by atoms with E-state index in [2.05, 4.69) is 13.8 Å². The molecule has 0 spiro atoms. The summed E-state index contributed by atoms with van der Waals surface area (Å²) in [5, 5.41) is 0. The van der Waals surface area contributed by atoms with Crippen LogP contribution < -0.4 is 0 Å². The first-order valence-electron chi connectivity index (χ1n) is 6.59. The molecule has 0 nitrogen and oxygen atoms in total. The van der Waals surface area contributed by atoms with Gasteiger partial charge in [0.2, 0.25) is 0 Å². The lowest BCUT2D eigenvalue weighted by Crippen LogP contribution is -2.06. The van der Waals surface area contributed by atoms with Gasteiger partial charge in [-0.2, -0.15) is 0 Å². The van der Waals surface area contributed by atoms with E-state index in [0.717, 1.165) is 17.8 Å². The summed E-state index contributed by atoms with van der Waals surface area (Å²) in [4.78, 5) is 0. The molecule has 0 aromatic carbocycles. The first-order valence-corrected chi connectivity index (χ1v) is 6.59. The fourth-order valence-corrected chi connectivity index (χ4v) is 2.61. The van der Waals surface area contributed by atoms with Gasteiger partial charge in [0.15, 0.2) is 0 Å². The molecular weight excluding hydrogens is 168 g/mol. The van der Waals surface area contributed by atoms with Crippen molar-refractivity contribution in [3.8, 4) is 0 Å². The molecule has 0 aliphatic heterocycles. The summed E-state index contributed by atoms with van der Waals surface area (Å²) in [6, 6.07) is 0. The van der Waals surface area contributed by atoms with Gasteiger partial charge in [-0.25, -0.2) is 0 Å². The molecule has 2 aliphatic carbocycles. The molecule has 0 bridgehead atoms. The Kier molecular flexibility index (Phi) is 3.52. The van der Waals surface area contributed by atoms with Gasteiger partial charge in [0.1, 0.15) is 0 Å². The molecule has 0 saturated heterocycles. The van der Waals surface area contributed by atoms with Gasteiger partial charge >= 0.3 is 0 Å². The second kappa shape index (κ2) is 4.68. The minimum atomic E-state index is 1.02. The lowest BCUT2D eigenvalue weighted by molar-refractivity contribution is 0.410. The van der Waals surface area contributed by atoms with Crippen molar-refractivity contribution in [2.45, 2.75) is 65.2 Å². The Balaban J connectivity index is 1.63. The second-order valence-corrected chi connectivity index (χ2v) is 5.76. The van der Waals surface area contributed by atoms with Gasteiger partial charge in [0, 0.05) is 0 Å². The molecule has 2 rings (SSSR count). The van der Waals surface area contributed by atoms with Crippen molar-refractivity contribution in [3.05, 3.63) is 5.92 Å². The minimum absolute atomic E-state index is 1.02. The summed E-state index contributed by atoms with van der Waals surface area (Å²) in [5.41, 5.74) is 0. The smallest absolute Gasteiger partial charge is 0.0266 e. The molecule has 1 atom stereocenters. The minimum Gasteiger partial charge on any atom is -0.0651 e. The quantitative estimate of drug-likeness (QED) is 0.554. The van der Waals surface area contributed by atoms with Crippen molar-refractivity contribution in [1.82, 2.24) is 0 Å². The Labute approximate surface area is 89.5 Å². The summed E-state index contributed by atoms with van der Waals surface area (Å²) in [7, 11) is 0. The zero-order valence-corrected chi connectivity index (χ0v) is 9.89. The van der Waals surface area contributed by atoms with Gasteiger partial charge in [-0.05, 0) is 42.9 Å². The topological polar surface area (TPSA) is 0 Å². The number of rotatable bonds is 7. The van der Waals surface area contributed by atoms with Crippen molar-refractivity contribution in [1.29, 1.82) is 0 Å². The fourth-order valence-electron chi connectivity index (χ4n) is 2.61. The van der Waals surface area contributed by atoms with Crippen LogP contribution in [0.25, 0.3) is 0 Å². The van der Waals surface area contributed by atoms with Crippen LogP contribution in [0.15, 0.2) is 0 Å². The van der Waals surface area contributed by atoms with E-state index >= 15 is 0 Å². The lowest BCUT2D eigenvalue weighted by Gasteiger charge is -2.19. The van der Waals surface area contributed by atoms with E-state index < -0.39 is 0 Å². The van der Waals surface area contributed by atoms with Crippen LogP contribution in [0, 0.1) is 23.7 Å². The Morgan fingerprint density at radius 1 is 1.14 bits per heavy atom. The molecule has 81 valence electrons. The Morgan fingerprint density at radius 2 is 1.79 bits per heavy atom. The van der Waals surface area contributed by atoms with Crippen molar-refractivity contribution >= 4 is 0 Å². The summed E-state index contributed by atoms with van der Waals surface area (Å²) in [5.74, 6) is 5.02. The molecule has 14 heavy (non-hydrogen) atoms. The highest BCUT2D eigenvalue weighted by Gasteiger charge is 2.28. The molecule has 0 heteroatoms. The van der Waals surface area contributed by atoms with Gasteiger partial charge in [-0.1, -0.05) is 46.0 Å². The number of hydrogen-bond donors (Lipinski definition) is 0. The van der Waals surface area contributed by atoms with Crippen LogP contribution in [0.4, 0.5) is 0 Å². The molecule has 2 fully saturated rings. The summed E-state index contributed by atoms with van der Waals surface area (Å²) in [6.45, 7) is 4.77. The highest BCUT2D eigenvalue weighted by atomic mass is 14.3. The largest absolute Gasteiger partial charge is 0.0651 e. The second-order valence-electron chi connectivity index (χ2n) is 5.76. The first-order chi connectivity index (χ1) is 6.78. The third-order valence-corrected chi connectivity index (χ3v) is 3.91. The molecule has 0 heterocycles. The highest BCUT2D eigenvalue weighted by Crippen LogP contribution is 2.41. The van der Waals surface area contributed by atoms with E-state index in [1.807, 2.05) is 0 Å². The Hall–Kier alpha value is 0. The maximum Gasteiger partial charge on any atom is -0.0266 e. The van der Waals surface area contributed by atoms with Gasteiger partial charge in [0.25, 0.3) is 0 Å². The van der Waals surface area contributed by atoms with Crippen LogP contribution in [0.1, 0.15) is 65.2 Å². The molecule has 1 unspecified atom stereocenters.